The van der Waals surface area contributed by atoms with E-state index in [0.717, 1.165) is 22.0 Å². The van der Waals surface area contributed by atoms with Crippen LogP contribution in [0.5, 0.6) is 0 Å². The van der Waals surface area contributed by atoms with Gasteiger partial charge in [-0.3, -0.25) is 14.9 Å². The second kappa shape index (κ2) is 10.7. The summed E-state index contributed by atoms with van der Waals surface area (Å²) in [7, 11) is 0. The number of nitrogens with one attached hydrogen (secondary N) is 2. The number of carbonyl (C=O) groups excluding carboxylic acids is 3. The largest absolute Gasteiger partial charge is 0.457 e. The maximum absolute atomic E-state index is 13.7. The molecule has 0 bridgehead atoms. The zero-order chi connectivity index (χ0) is 30.5. The monoisotopic (exact) mass is 596 g/mol. The van der Waals surface area contributed by atoms with E-state index in [1.54, 1.807) is 41.8 Å². The van der Waals surface area contributed by atoms with E-state index in [4.69, 9.17) is 26.7 Å². The Bertz CT molecular complexity index is 1900. The van der Waals surface area contributed by atoms with Crippen LogP contribution in [0, 0.1) is 6.92 Å². The molecular formula is C32H28N4O6S. The minimum atomic E-state index is -1.86. The third-order valence-electron chi connectivity index (χ3n) is 7.90. The van der Waals surface area contributed by atoms with Crippen molar-refractivity contribution in [3.05, 3.63) is 98.8 Å². The number of cyclic esters (lactones) is 1. The molecule has 0 saturated carbocycles. The van der Waals surface area contributed by atoms with Gasteiger partial charge in [-0.1, -0.05) is 42.8 Å². The first-order chi connectivity index (χ1) is 20.6. The Kier molecular flexibility index (Phi) is 7.05. The first-order valence-corrected chi connectivity index (χ1v) is 14.3. The second-order valence-electron chi connectivity index (χ2n) is 10.7. The van der Waals surface area contributed by atoms with Gasteiger partial charge in [0.05, 0.1) is 29.0 Å². The fourth-order valence-corrected chi connectivity index (χ4v) is 5.78. The van der Waals surface area contributed by atoms with Crippen LogP contribution in [0.1, 0.15) is 52.9 Å². The van der Waals surface area contributed by atoms with Gasteiger partial charge in [-0.05, 0) is 62.8 Å². The molecule has 2 aromatic heterocycles. The number of hydrogen-bond donors (Lipinski definition) is 2. The Morgan fingerprint density at radius 1 is 1.14 bits per heavy atom. The van der Waals surface area contributed by atoms with E-state index in [-0.39, 0.29) is 34.8 Å². The number of thiocarbonyl (C=S) groups is 1. The van der Waals surface area contributed by atoms with Gasteiger partial charge in [0.25, 0.3) is 11.5 Å². The Hall–Kier alpha value is -4.90. The van der Waals surface area contributed by atoms with Crippen LogP contribution in [-0.2, 0) is 37.8 Å². The van der Waals surface area contributed by atoms with E-state index >= 15 is 0 Å². The lowest BCUT2D eigenvalue weighted by Crippen LogP contribution is -2.52. The standard InChI is InChI=1S/C32H28N4O6S/c1-4-32(42-29(39)18(3)33-31(43)35-27(37)19-11-9-17(2)10-12-19)23-14-25-26-21(13-20-7-5-6-8-24(20)34-26)15-36(25)28(38)22(23)16-41-30(32)40/h5-14,18H,4,15-16H2,1-3H3,(H2,33,35,37,43)/t18-,32-/m0/s1. The van der Waals surface area contributed by atoms with Crippen LogP contribution in [0.3, 0.4) is 0 Å². The van der Waals surface area contributed by atoms with Gasteiger partial charge >= 0.3 is 11.9 Å². The average molecular weight is 597 g/mol. The highest BCUT2D eigenvalue weighted by Gasteiger charge is 2.51. The van der Waals surface area contributed by atoms with Crippen molar-refractivity contribution in [2.45, 2.75) is 52.0 Å². The molecule has 0 unspecified atom stereocenters. The van der Waals surface area contributed by atoms with Crippen molar-refractivity contribution in [3.8, 4) is 11.4 Å². The number of pyridine rings is 2. The summed E-state index contributed by atoms with van der Waals surface area (Å²) in [5, 5.41) is 6.15. The number of esters is 2. The molecule has 4 aromatic rings. The molecule has 0 spiro atoms. The number of aryl methyl sites for hydroxylation is 1. The molecule has 2 aromatic carbocycles. The lowest BCUT2D eigenvalue weighted by molar-refractivity contribution is -0.190. The molecule has 2 aliphatic heterocycles. The fourth-order valence-electron chi connectivity index (χ4n) is 5.51. The molecule has 2 aliphatic rings. The first kappa shape index (κ1) is 28.2. The summed E-state index contributed by atoms with van der Waals surface area (Å²) in [5.41, 5.74) is 2.57. The highest BCUT2D eigenvalue weighted by molar-refractivity contribution is 7.80. The molecule has 4 heterocycles. The van der Waals surface area contributed by atoms with Gasteiger partial charge in [0.1, 0.15) is 12.6 Å². The molecule has 0 radical (unpaired) electrons. The van der Waals surface area contributed by atoms with Crippen LogP contribution in [-0.4, -0.2) is 38.6 Å². The molecule has 0 saturated heterocycles. The lowest BCUT2D eigenvalue weighted by Gasteiger charge is -2.36. The Labute approximate surface area is 252 Å². The predicted octanol–water partition coefficient (Wildman–Crippen LogP) is 3.63. The van der Waals surface area contributed by atoms with Crippen LogP contribution in [0.4, 0.5) is 0 Å². The number of fused-ring (bicyclic) bond motifs is 5. The Morgan fingerprint density at radius 3 is 2.63 bits per heavy atom. The maximum Gasteiger partial charge on any atom is 0.355 e. The summed E-state index contributed by atoms with van der Waals surface area (Å²) in [6.07, 6.45) is 0.0206. The lowest BCUT2D eigenvalue weighted by atomic mass is 9.85. The molecule has 2 N–H and O–H groups in total. The molecule has 1 amide bonds. The van der Waals surface area contributed by atoms with E-state index in [1.165, 1.54) is 6.92 Å². The smallest absolute Gasteiger partial charge is 0.355 e. The molecule has 10 nitrogen and oxygen atoms in total. The van der Waals surface area contributed by atoms with E-state index in [0.29, 0.717) is 23.5 Å². The Balaban J connectivity index is 1.28. The molecule has 43 heavy (non-hydrogen) atoms. The van der Waals surface area contributed by atoms with Crippen molar-refractivity contribution in [2.24, 2.45) is 0 Å². The SMILES string of the molecule is CC[C@@]1(OC(=O)[C@H](C)NC(=S)NC(=O)c2ccc(C)cc2)C(=O)OCc2c1cc1n(c2=O)Cc2cc3ccccc3nc2-1. The highest BCUT2D eigenvalue weighted by atomic mass is 32.1. The summed E-state index contributed by atoms with van der Waals surface area (Å²) in [4.78, 5) is 57.8. The second-order valence-corrected chi connectivity index (χ2v) is 11.1. The summed E-state index contributed by atoms with van der Waals surface area (Å²) >= 11 is 5.25. The quantitative estimate of drug-likeness (QED) is 0.231. The Morgan fingerprint density at radius 2 is 1.88 bits per heavy atom. The summed E-state index contributed by atoms with van der Waals surface area (Å²) < 4.78 is 12.9. The normalized spacial score (nSPS) is 17.2. The fraction of sp³-hybridized carbons (Fsp3) is 0.250. The van der Waals surface area contributed by atoms with Gasteiger partial charge in [0.2, 0.25) is 5.60 Å². The van der Waals surface area contributed by atoms with E-state index in [1.807, 2.05) is 37.3 Å². The minimum absolute atomic E-state index is 0.0206. The third kappa shape index (κ3) is 4.85. The van der Waals surface area contributed by atoms with E-state index in [9.17, 15) is 19.2 Å². The van der Waals surface area contributed by atoms with Crippen LogP contribution in [0.15, 0.2) is 65.5 Å². The first-order valence-electron chi connectivity index (χ1n) is 13.9. The van der Waals surface area contributed by atoms with Crippen LogP contribution in [0.25, 0.3) is 22.3 Å². The van der Waals surface area contributed by atoms with E-state index < -0.39 is 29.5 Å². The minimum Gasteiger partial charge on any atom is -0.457 e. The molecule has 0 aliphatic carbocycles. The maximum atomic E-state index is 13.7. The topological polar surface area (TPSA) is 129 Å². The van der Waals surface area contributed by atoms with Gasteiger partial charge in [-0.25, -0.2) is 14.6 Å². The van der Waals surface area contributed by atoms with Gasteiger partial charge in [0.15, 0.2) is 5.11 Å². The number of ether oxygens (including phenoxy) is 2. The predicted molar refractivity (Wildman–Crippen MR) is 162 cm³/mol. The molecule has 6 rings (SSSR count). The van der Waals surface area contributed by atoms with Crippen LogP contribution >= 0.6 is 12.2 Å². The summed E-state index contributed by atoms with van der Waals surface area (Å²) in [6, 6.07) is 17.3. The van der Waals surface area contributed by atoms with Crippen LogP contribution < -0.4 is 16.2 Å². The number of nitrogens with zero attached hydrogens (tertiary/aromatic N) is 2. The van der Waals surface area contributed by atoms with Gasteiger partial charge < -0.3 is 19.4 Å². The van der Waals surface area contributed by atoms with Crippen molar-refractivity contribution in [2.75, 3.05) is 0 Å². The number of amides is 1. The van der Waals surface area contributed by atoms with Gasteiger partial charge in [-0.2, -0.15) is 0 Å². The zero-order valence-electron chi connectivity index (χ0n) is 23.7. The number of benzene rings is 2. The van der Waals surface area contributed by atoms with Crippen molar-refractivity contribution >= 4 is 46.1 Å². The molecule has 11 heteroatoms. The van der Waals surface area contributed by atoms with Gasteiger partial charge in [-0.15, -0.1) is 0 Å². The summed E-state index contributed by atoms with van der Waals surface area (Å²) in [6.45, 7) is 5.18. The van der Waals surface area contributed by atoms with Gasteiger partial charge in [0, 0.05) is 22.1 Å². The van der Waals surface area contributed by atoms with Crippen molar-refractivity contribution in [1.29, 1.82) is 0 Å². The summed E-state index contributed by atoms with van der Waals surface area (Å²) in [5.74, 6) is -2.03. The molecular weight excluding hydrogens is 568 g/mol. The number of aromatic nitrogens is 2. The number of rotatable bonds is 5. The third-order valence-corrected chi connectivity index (χ3v) is 8.12. The highest BCUT2D eigenvalue weighted by Crippen LogP contribution is 2.41. The van der Waals surface area contributed by atoms with E-state index in [2.05, 4.69) is 10.6 Å². The molecule has 218 valence electrons. The zero-order valence-corrected chi connectivity index (χ0v) is 24.5. The van der Waals surface area contributed by atoms with Crippen molar-refractivity contribution in [3.63, 3.8) is 0 Å². The molecule has 0 fully saturated rings. The van der Waals surface area contributed by atoms with Crippen molar-refractivity contribution in [1.82, 2.24) is 20.2 Å². The number of carbonyl (C=O) groups is 3. The molecule has 2 atom stereocenters. The average Bonchev–Trinajstić information content (AvgIpc) is 3.35. The van der Waals surface area contributed by atoms with Crippen molar-refractivity contribution < 1.29 is 23.9 Å². The number of para-hydroxylation sites is 1. The van der Waals surface area contributed by atoms with Crippen LogP contribution in [0.2, 0.25) is 0 Å². The number of hydrogen-bond acceptors (Lipinski definition) is 8.